The zero-order chi connectivity index (χ0) is 27.5. The summed E-state index contributed by atoms with van der Waals surface area (Å²) in [6.07, 6.45) is 0. The maximum Gasteiger partial charge on any atom is 0.339 e. The Kier molecular flexibility index (Phi) is 6.98. The molecule has 0 saturated heterocycles. The molecule has 5 aromatic rings. The van der Waals surface area contributed by atoms with Gasteiger partial charge < -0.3 is 23.7 Å². The number of methoxy groups -OCH3 is 2. The molecule has 0 fully saturated rings. The lowest BCUT2D eigenvalue weighted by molar-refractivity contribution is 0.0535. The summed E-state index contributed by atoms with van der Waals surface area (Å²) < 4.78 is 29.1. The molecule has 1 aliphatic heterocycles. The van der Waals surface area contributed by atoms with Crippen molar-refractivity contribution in [2.45, 2.75) is 19.8 Å². The van der Waals surface area contributed by atoms with Gasteiger partial charge in [0.1, 0.15) is 19.8 Å². The standard InChI is InChI=1S/C34H28O6/c1-36-29-16-24(13-14-28(29)38-19-22-9-5-3-6-10-22)32-27-18-31(39-20-23-11-7-4-8-12-23)30(37-2)17-25(27)15-26-21-40-34(35)33(26)32/h3-18H,19-21H2,1-2H3. The molecule has 0 atom stereocenters. The molecule has 0 aromatic heterocycles. The van der Waals surface area contributed by atoms with Gasteiger partial charge in [-0.25, -0.2) is 4.79 Å². The van der Waals surface area contributed by atoms with Gasteiger partial charge in [-0.15, -0.1) is 0 Å². The van der Waals surface area contributed by atoms with Crippen LogP contribution in [0, 0.1) is 0 Å². The van der Waals surface area contributed by atoms with Crippen molar-refractivity contribution in [1.82, 2.24) is 0 Å². The number of rotatable bonds is 9. The Bertz CT molecular complexity index is 1680. The molecule has 1 heterocycles. The van der Waals surface area contributed by atoms with Crippen LogP contribution in [-0.2, 0) is 24.6 Å². The van der Waals surface area contributed by atoms with Gasteiger partial charge >= 0.3 is 5.97 Å². The molecule has 40 heavy (non-hydrogen) atoms. The number of hydrogen-bond acceptors (Lipinski definition) is 6. The summed E-state index contributed by atoms with van der Waals surface area (Å²) in [5.41, 5.74) is 5.04. The number of cyclic esters (lactones) is 1. The highest BCUT2D eigenvalue weighted by molar-refractivity contribution is 6.11. The summed E-state index contributed by atoms with van der Waals surface area (Å²) in [6.45, 7) is 1.02. The van der Waals surface area contributed by atoms with Gasteiger partial charge in [-0.1, -0.05) is 66.7 Å². The second-order valence-corrected chi connectivity index (χ2v) is 9.50. The van der Waals surface area contributed by atoms with Gasteiger partial charge in [0.2, 0.25) is 0 Å². The van der Waals surface area contributed by atoms with Gasteiger partial charge in [0.05, 0.1) is 19.8 Å². The minimum atomic E-state index is -0.349. The van der Waals surface area contributed by atoms with E-state index in [1.807, 2.05) is 97.1 Å². The monoisotopic (exact) mass is 532 g/mol. The summed E-state index contributed by atoms with van der Waals surface area (Å²) in [4.78, 5) is 13.0. The number of benzene rings is 5. The lowest BCUT2D eigenvalue weighted by Crippen LogP contribution is -2.02. The SMILES string of the molecule is COc1cc(-c2c3c(cc4cc(OC)c(OCc5ccccc5)cc24)COC3=O)ccc1OCc1ccccc1. The van der Waals surface area contributed by atoms with Crippen LogP contribution in [0.25, 0.3) is 21.9 Å². The normalized spacial score (nSPS) is 12.1. The fourth-order valence-electron chi connectivity index (χ4n) is 5.01. The average Bonchev–Trinajstić information content (AvgIpc) is 3.38. The van der Waals surface area contributed by atoms with E-state index in [9.17, 15) is 4.79 Å². The summed E-state index contributed by atoms with van der Waals surface area (Å²) >= 11 is 0. The molecule has 1 aliphatic rings. The largest absolute Gasteiger partial charge is 0.493 e. The molecule has 0 radical (unpaired) electrons. The number of fused-ring (bicyclic) bond motifs is 2. The Balaban J connectivity index is 1.44. The van der Waals surface area contributed by atoms with E-state index in [1.54, 1.807) is 14.2 Å². The number of hydrogen-bond donors (Lipinski definition) is 0. The van der Waals surface area contributed by atoms with E-state index in [0.717, 1.165) is 38.6 Å². The molecular formula is C34H28O6. The van der Waals surface area contributed by atoms with Crippen LogP contribution in [0.2, 0.25) is 0 Å². The fourth-order valence-corrected chi connectivity index (χ4v) is 5.01. The average molecular weight is 533 g/mol. The van der Waals surface area contributed by atoms with Crippen molar-refractivity contribution in [3.05, 3.63) is 119 Å². The molecule has 0 N–H and O–H groups in total. The van der Waals surface area contributed by atoms with Crippen molar-refractivity contribution in [1.29, 1.82) is 0 Å². The Morgan fingerprint density at radius 3 is 1.93 bits per heavy atom. The van der Waals surface area contributed by atoms with Crippen molar-refractivity contribution < 1.29 is 28.5 Å². The predicted octanol–water partition coefficient (Wildman–Crippen LogP) is 7.35. The molecule has 0 bridgehead atoms. The quantitative estimate of drug-likeness (QED) is 0.185. The zero-order valence-electron chi connectivity index (χ0n) is 22.3. The first-order valence-corrected chi connectivity index (χ1v) is 13.0. The topological polar surface area (TPSA) is 63.2 Å². The third kappa shape index (κ3) is 4.92. The molecule has 6 heteroatoms. The van der Waals surface area contributed by atoms with E-state index in [-0.39, 0.29) is 12.6 Å². The number of ether oxygens (including phenoxy) is 5. The van der Waals surface area contributed by atoms with E-state index < -0.39 is 0 Å². The first kappa shape index (κ1) is 25.3. The lowest BCUT2D eigenvalue weighted by Gasteiger charge is -2.17. The van der Waals surface area contributed by atoms with Crippen molar-refractivity contribution in [3.8, 4) is 34.1 Å². The molecular weight excluding hydrogens is 504 g/mol. The van der Waals surface area contributed by atoms with E-state index in [1.165, 1.54) is 0 Å². The summed E-state index contributed by atoms with van der Waals surface area (Å²) in [6, 6.07) is 31.5. The second-order valence-electron chi connectivity index (χ2n) is 9.50. The molecule has 0 unspecified atom stereocenters. The van der Waals surface area contributed by atoms with Crippen molar-refractivity contribution >= 4 is 16.7 Å². The van der Waals surface area contributed by atoms with Crippen LogP contribution >= 0.6 is 0 Å². The summed E-state index contributed by atoms with van der Waals surface area (Å²) in [5, 5.41) is 1.76. The Morgan fingerprint density at radius 2 is 1.27 bits per heavy atom. The third-order valence-electron chi connectivity index (χ3n) is 7.00. The van der Waals surface area contributed by atoms with Gasteiger partial charge in [-0.05, 0) is 57.8 Å². The van der Waals surface area contributed by atoms with Crippen LogP contribution < -0.4 is 18.9 Å². The van der Waals surface area contributed by atoms with Gasteiger partial charge in [0, 0.05) is 11.1 Å². The summed E-state index contributed by atoms with van der Waals surface area (Å²) in [5.74, 6) is 2.03. The van der Waals surface area contributed by atoms with E-state index >= 15 is 0 Å². The molecule has 6 rings (SSSR count). The minimum Gasteiger partial charge on any atom is -0.493 e. The Morgan fingerprint density at radius 1 is 0.650 bits per heavy atom. The van der Waals surface area contributed by atoms with Crippen LogP contribution in [0.5, 0.6) is 23.0 Å². The van der Waals surface area contributed by atoms with Gasteiger partial charge in [-0.3, -0.25) is 0 Å². The summed E-state index contributed by atoms with van der Waals surface area (Å²) in [7, 11) is 3.23. The third-order valence-corrected chi connectivity index (χ3v) is 7.00. The van der Waals surface area contributed by atoms with Crippen LogP contribution in [-0.4, -0.2) is 20.2 Å². The number of carbonyl (C=O) groups excluding carboxylic acids is 1. The predicted molar refractivity (Wildman–Crippen MR) is 153 cm³/mol. The molecule has 0 amide bonds. The highest BCUT2D eigenvalue weighted by atomic mass is 16.5. The molecule has 200 valence electrons. The maximum absolute atomic E-state index is 13.0. The van der Waals surface area contributed by atoms with Gasteiger partial charge in [-0.2, -0.15) is 0 Å². The number of carbonyl (C=O) groups is 1. The highest BCUT2D eigenvalue weighted by Crippen LogP contribution is 2.44. The smallest absolute Gasteiger partial charge is 0.339 e. The molecule has 0 spiro atoms. The van der Waals surface area contributed by atoms with Crippen LogP contribution in [0.15, 0.2) is 97.1 Å². The first-order chi connectivity index (χ1) is 19.6. The maximum atomic E-state index is 13.0. The van der Waals surface area contributed by atoms with Gasteiger partial charge in [0.25, 0.3) is 0 Å². The molecule has 5 aromatic carbocycles. The van der Waals surface area contributed by atoms with E-state index in [0.29, 0.717) is 41.8 Å². The van der Waals surface area contributed by atoms with Crippen LogP contribution in [0.4, 0.5) is 0 Å². The molecule has 0 saturated carbocycles. The first-order valence-electron chi connectivity index (χ1n) is 13.0. The van der Waals surface area contributed by atoms with Crippen molar-refractivity contribution in [2.75, 3.05) is 14.2 Å². The number of esters is 1. The van der Waals surface area contributed by atoms with Gasteiger partial charge in [0.15, 0.2) is 23.0 Å². The lowest BCUT2D eigenvalue weighted by atomic mass is 9.90. The van der Waals surface area contributed by atoms with E-state index in [4.69, 9.17) is 23.7 Å². The fraction of sp³-hybridized carbons (Fsp3) is 0.147. The molecule has 6 nitrogen and oxygen atoms in total. The Hall–Kier alpha value is -4.97. The minimum absolute atomic E-state index is 0.223. The van der Waals surface area contributed by atoms with Crippen LogP contribution in [0.3, 0.4) is 0 Å². The second kappa shape index (κ2) is 11.0. The molecule has 0 aliphatic carbocycles. The Labute approximate surface area is 232 Å². The van der Waals surface area contributed by atoms with Crippen molar-refractivity contribution in [3.63, 3.8) is 0 Å². The van der Waals surface area contributed by atoms with E-state index in [2.05, 4.69) is 0 Å². The van der Waals surface area contributed by atoms with Crippen molar-refractivity contribution in [2.24, 2.45) is 0 Å². The zero-order valence-corrected chi connectivity index (χ0v) is 22.3. The highest BCUT2D eigenvalue weighted by Gasteiger charge is 2.29. The van der Waals surface area contributed by atoms with Crippen LogP contribution in [0.1, 0.15) is 27.0 Å².